The van der Waals surface area contributed by atoms with Crippen LogP contribution in [0.4, 0.5) is 0 Å². The van der Waals surface area contributed by atoms with Crippen molar-refractivity contribution in [3.05, 3.63) is 36.5 Å². The van der Waals surface area contributed by atoms with Crippen LogP contribution in [-0.2, 0) is 28.6 Å². The number of esters is 3. The maximum atomic E-state index is 12.9. The molecule has 0 aliphatic carbocycles. The summed E-state index contributed by atoms with van der Waals surface area (Å²) in [6.07, 6.45) is 80.3. The first-order chi connectivity index (χ1) is 37.5. The smallest absolute Gasteiger partial charge is 0.306 e. The van der Waals surface area contributed by atoms with Crippen LogP contribution in [0, 0.1) is 0 Å². The predicted octanol–water partition coefficient (Wildman–Crippen LogP) is 23.2. The topological polar surface area (TPSA) is 78.9 Å². The van der Waals surface area contributed by atoms with Crippen molar-refractivity contribution in [3.8, 4) is 0 Å². The Morgan fingerprint density at radius 3 is 0.737 bits per heavy atom. The van der Waals surface area contributed by atoms with Gasteiger partial charge in [-0.3, -0.25) is 14.4 Å². The minimum atomic E-state index is -0.766. The van der Waals surface area contributed by atoms with Crippen molar-refractivity contribution in [2.24, 2.45) is 0 Å². The number of allylic oxidation sites excluding steroid dienone is 6. The fraction of sp³-hybridized carbons (Fsp3) is 0.871. The van der Waals surface area contributed by atoms with Gasteiger partial charge in [0.1, 0.15) is 13.2 Å². The van der Waals surface area contributed by atoms with E-state index in [1.165, 1.54) is 263 Å². The van der Waals surface area contributed by atoms with Crippen LogP contribution in [0.25, 0.3) is 0 Å². The zero-order chi connectivity index (χ0) is 55.0. The summed E-state index contributed by atoms with van der Waals surface area (Å²) in [5.41, 5.74) is 0. The van der Waals surface area contributed by atoms with Crippen molar-refractivity contribution < 1.29 is 28.6 Å². The molecule has 0 aromatic rings. The van der Waals surface area contributed by atoms with Gasteiger partial charge < -0.3 is 14.2 Å². The van der Waals surface area contributed by atoms with Crippen LogP contribution < -0.4 is 0 Å². The molecule has 6 heteroatoms. The van der Waals surface area contributed by atoms with Gasteiger partial charge in [-0.1, -0.05) is 333 Å². The average Bonchev–Trinajstić information content (AvgIpc) is 3.42. The molecule has 0 fully saturated rings. The Hall–Kier alpha value is -2.37. The highest BCUT2D eigenvalue weighted by atomic mass is 16.6. The van der Waals surface area contributed by atoms with Crippen molar-refractivity contribution in [2.75, 3.05) is 13.2 Å². The zero-order valence-electron chi connectivity index (χ0n) is 51.3. The first-order valence-corrected chi connectivity index (χ1v) is 34.0. The highest BCUT2D eigenvalue weighted by Gasteiger charge is 2.19. The van der Waals surface area contributed by atoms with E-state index < -0.39 is 6.10 Å². The van der Waals surface area contributed by atoms with Crippen LogP contribution in [0.15, 0.2) is 36.5 Å². The Bertz CT molecular complexity index is 1270. The lowest BCUT2D eigenvalue weighted by atomic mass is 10.0. The number of carbonyl (C=O) groups excluding carboxylic acids is 3. The predicted molar refractivity (Wildman–Crippen MR) is 330 cm³/mol. The second-order valence-corrected chi connectivity index (χ2v) is 23.1. The lowest BCUT2D eigenvalue weighted by molar-refractivity contribution is -0.167. The van der Waals surface area contributed by atoms with Crippen LogP contribution in [0.2, 0.25) is 0 Å². The second kappa shape index (κ2) is 65.2. The molecule has 1 atom stereocenters. The molecule has 0 spiro atoms. The van der Waals surface area contributed by atoms with Crippen LogP contribution >= 0.6 is 0 Å². The van der Waals surface area contributed by atoms with E-state index >= 15 is 0 Å². The normalized spacial score (nSPS) is 12.2. The number of hydrogen-bond acceptors (Lipinski definition) is 6. The molecule has 446 valence electrons. The summed E-state index contributed by atoms with van der Waals surface area (Å²) in [4.78, 5) is 38.3. The summed E-state index contributed by atoms with van der Waals surface area (Å²) >= 11 is 0. The van der Waals surface area contributed by atoms with Gasteiger partial charge in [0.25, 0.3) is 0 Å². The molecule has 0 saturated heterocycles. The Morgan fingerprint density at radius 1 is 0.263 bits per heavy atom. The van der Waals surface area contributed by atoms with Crippen LogP contribution in [0.1, 0.15) is 374 Å². The van der Waals surface area contributed by atoms with Gasteiger partial charge in [-0.05, 0) is 57.8 Å². The first-order valence-electron chi connectivity index (χ1n) is 34.0. The Morgan fingerprint density at radius 2 is 0.474 bits per heavy atom. The van der Waals surface area contributed by atoms with Gasteiger partial charge in [-0.25, -0.2) is 0 Å². The van der Waals surface area contributed by atoms with Crippen molar-refractivity contribution >= 4 is 17.9 Å². The molecule has 0 amide bonds. The summed E-state index contributed by atoms with van der Waals surface area (Å²) in [7, 11) is 0. The summed E-state index contributed by atoms with van der Waals surface area (Å²) in [6, 6.07) is 0. The molecular weight excluding hydrogens is 937 g/mol. The molecule has 0 aromatic carbocycles. The Kier molecular flexibility index (Phi) is 63.1. The highest BCUT2D eigenvalue weighted by molar-refractivity contribution is 5.71. The molecule has 76 heavy (non-hydrogen) atoms. The molecular formula is C70H130O6. The van der Waals surface area contributed by atoms with E-state index in [1.807, 2.05) is 0 Å². The Labute approximate surface area is 474 Å². The summed E-state index contributed by atoms with van der Waals surface area (Å²) in [6.45, 7) is 6.68. The molecule has 0 rings (SSSR count). The molecule has 0 aliphatic heterocycles. The summed E-state index contributed by atoms with van der Waals surface area (Å²) < 4.78 is 16.9. The highest BCUT2D eigenvalue weighted by Crippen LogP contribution is 2.18. The van der Waals surface area contributed by atoms with Gasteiger partial charge in [0, 0.05) is 19.3 Å². The van der Waals surface area contributed by atoms with E-state index in [-0.39, 0.29) is 31.1 Å². The lowest BCUT2D eigenvalue weighted by Crippen LogP contribution is -2.30. The van der Waals surface area contributed by atoms with Gasteiger partial charge >= 0.3 is 17.9 Å². The summed E-state index contributed by atoms with van der Waals surface area (Å²) in [5, 5.41) is 0. The van der Waals surface area contributed by atoms with E-state index in [9.17, 15) is 14.4 Å². The number of unbranched alkanes of at least 4 members (excludes halogenated alkanes) is 46. The number of rotatable bonds is 63. The van der Waals surface area contributed by atoms with Gasteiger partial charge in [0.15, 0.2) is 6.10 Å². The SMILES string of the molecule is CCCCCCC/C=C\C/C=C\C/C=C\CCCCCCCCCCCCCCCCCCC(=O)OCC(COC(=O)CCCCCCCCCCCCC)OC(=O)CCCCCCCCCCCCCCCCCC. The third kappa shape index (κ3) is 62.5. The third-order valence-corrected chi connectivity index (χ3v) is 15.4. The van der Waals surface area contributed by atoms with Crippen LogP contribution in [-0.4, -0.2) is 37.2 Å². The molecule has 0 aromatic heterocycles. The lowest BCUT2D eigenvalue weighted by Gasteiger charge is -2.18. The van der Waals surface area contributed by atoms with E-state index in [1.54, 1.807) is 0 Å². The number of hydrogen-bond donors (Lipinski definition) is 0. The monoisotopic (exact) mass is 1070 g/mol. The third-order valence-electron chi connectivity index (χ3n) is 15.4. The molecule has 0 heterocycles. The van der Waals surface area contributed by atoms with Crippen LogP contribution in [0.5, 0.6) is 0 Å². The quantitative estimate of drug-likeness (QED) is 0.0261. The van der Waals surface area contributed by atoms with Crippen molar-refractivity contribution in [1.82, 2.24) is 0 Å². The van der Waals surface area contributed by atoms with E-state index in [0.717, 1.165) is 70.6 Å². The first kappa shape index (κ1) is 73.6. The minimum Gasteiger partial charge on any atom is -0.462 e. The van der Waals surface area contributed by atoms with Crippen LogP contribution in [0.3, 0.4) is 0 Å². The largest absolute Gasteiger partial charge is 0.462 e. The molecule has 6 nitrogen and oxygen atoms in total. The maximum Gasteiger partial charge on any atom is 0.306 e. The molecule has 0 N–H and O–H groups in total. The Balaban J connectivity index is 4.11. The van der Waals surface area contributed by atoms with Crippen molar-refractivity contribution in [2.45, 2.75) is 380 Å². The fourth-order valence-corrected chi connectivity index (χ4v) is 10.3. The van der Waals surface area contributed by atoms with Gasteiger partial charge in [0.2, 0.25) is 0 Å². The number of ether oxygens (including phenoxy) is 3. The van der Waals surface area contributed by atoms with Gasteiger partial charge in [-0.2, -0.15) is 0 Å². The molecule has 0 aliphatic rings. The van der Waals surface area contributed by atoms with Gasteiger partial charge in [0.05, 0.1) is 0 Å². The van der Waals surface area contributed by atoms with Crippen molar-refractivity contribution in [3.63, 3.8) is 0 Å². The summed E-state index contributed by atoms with van der Waals surface area (Å²) in [5.74, 6) is -0.839. The second-order valence-electron chi connectivity index (χ2n) is 23.1. The molecule has 0 bridgehead atoms. The van der Waals surface area contributed by atoms with E-state index in [2.05, 4.69) is 57.2 Å². The zero-order valence-corrected chi connectivity index (χ0v) is 51.3. The van der Waals surface area contributed by atoms with Crippen molar-refractivity contribution in [1.29, 1.82) is 0 Å². The number of carbonyl (C=O) groups is 3. The molecule has 1 unspecified atom stereocenters. The van der Waals surface area contributed by atoms with Gasteiger partial charge in [-0.15, -0.1) is 0 Å². The molecule has 0 radical (unpaired) electrons. The molecule has 0 saturated carbocycles. The average molecular weight is 1070 g/mol. The van der Waals surface area contributed by atoms with E-state index in [4.69, 9.17) is 14.2 Å². The van der Waals surface area contributed by atoms with E-state index in [0.29, 0.717) is 19.3 Å². The fourth-order valence-electron chi connectivity index (χ4n) is 10.3. The maximum absolute atomic E-state index is 12.9. The minimum absolute atomic E-state index is 0.0651. The standard InChI is InChI=1S/C70H130O6/c1-4-7-10-13-16-19-22-24-26-28-29-30-31-32-33-34-35-36-37-38-39-40-41-42-44-45-48-51-54-57-60-63-69(72)75-66-67(65-74-68(71)62-59-56-53-50-47-21-18-15-12-9-6-3)76-70(73)64-61-58-55-52-49-46-43-27-25-23-20-17-14-11-8-5-2/h22,24,28-29,31-32,67H,4-21,23,25-27,30,33-66H2,1-3H3/b24-22-,29-28-,32-31-.